The predicted octanol–water partition coefficient (Wildman–Crippen LogP) is 1.65. The molecule has 0 radical (unpaired) electrons. The SMILES string of the molecule is CN1CCC(C)(NC(=O)c2cccc(F)c2)C1. The molecule has 0 bridgehead atoms. The molecule has 1 fully saturated rings. The molecule has 1 saturated heterocycles. The van der Waals surface area contributed by atoms with Gasteiger partial charge in [0.05, 0.1) is 5.54 Å². The average Bonchev–Trinajstić information content (AvgIpc) is 2.58. The summed E-state index contributed by atoms with van der Waals surface area (Å²) in [6.45, 7) is 3.82. The minimum atomic E-state index is -0.383. The Morgan fingerprint density at radius 2 is 2.29 bits per heavy atom. The highest BCUT2D eigenvalue weighted by Gasteiger charge is 2.33. The van der Waals surface area contributed by atoms with Crippen molar-refractivity contribution in [3.63, 3.8) is 0 Å². The Balaban J connectivity index is 2.07. The number of rotatable bonds is 2. The molecule has 0 saturated carbocycles. The van der Waals surface area contributed by atoms with E-state index in [4.69, 9.17) is 0 Å². The fourth-order valence-corrected chi connectivity index (χ4v) is 2.27. The number of likely N-dealkylation sites (tertiary alicyclic amines) is 1. The Morgan fingerprint density at radius 1 is 1.53 bits per heavy atom. The van der Waals surface area contributed by atoms with Crippen LogP contribution < -0.4 is 5.32 Å². The van der Waals surface area contributed by atoms with Crippen LogP contribution in [0.1, 0.15) is 23.7 Å². The van der Waals surface area contributed by atoms with Gasteiger partial charge in [-0.1, -0.05) is 6.07 Å². The van der Waals surface area contributed by atoms with Crippen LogP contribution in [-0.2, 0) is 0 Å². The van der Waals surface area contributed by atoms with Gasteiger partial charge in [-0.2, -0.15) is 0 Å². The molecule has 1 unspecified atom stereocenters. The lowest BCUT2D eigenvalue weighted by atomic mass is 10.0. The Kier molecular flexibility index (Phi) is 3.15. The van der Waals surface area contributed by atoms with Crippen LogP contribution in [0.5, 0.6) is 0 Å². The second-order valence-corrected chi connectivity index (χ2v) is 5.01. The molecule has 4 heteroatoms. The summed E-state index contributed by atoms with van der Waals surface area (Å²) < 4.78 is 13.0. The number of likely N-dealkylation sites (N-methyl/N-ethyl adjacent to an activating group) is 1. The zero-order chi connectivity index (χ0) is 12.5. The van der Waals surface area contributed by atoms with Crippen molar-refractivity contribution >= 4 is 5.91 Å². The summed E-state index contributed by atoms with van der Waals surface area (Å²) >= 11 is 0. The molecule has 1 N–H and O–H groups in total. The number of benzene rings is 1. The molecule has 92 valence electrons. The Hall–Kier alpha value is -1.42. The molecular formula is C13H17FN2O. The Morgan fingerprint density at radius 3 is 2.88 bits per heavy atom. The number of carbonyl (C=O) groups is 1. The maximum atomic E-state index is 13.0. The standard InChI is InChI=1S/C13H17FN2O/c1-13(6-7-16(2)9-13)15-12(17)10-4-3-5-11(14)8-10/h3-5,8H,6-7,9H2,1-2H3,(H,15,17). The molecule has 0 spiro atoms. The maximum absolute atomic E-state index is 13.0. The normalized spacial score (nSPS) is 24.9. The lowest BCUT2D eigenvalue weighted by Crippen LogP contribution is -2.47. The van der Waals surface area contributed by atoms with Gasteiger partial charge in [-0.05, 0) is 38.6 Å². The molecule has 1 atom stereocenters. The zero-order valence-electron chi connectivity index (χ0n) is 10.2. The number of hydrogen-bond acceptors (Lipinski definition) is 2. The third-order valence-corrected chi connectivity index (χ3v) is 3.17. The maximum Gasteiger partial charge on any atom is 0.251 e. The third kappa shape index (κ3) is 2.82. The highest BCUT2D eigenvalue weighted by Crippen LogP contribution is 2.19. The Bertz CT molecular complexity index is 435. The van der Waals surface area contributed by atoms with E-state index < -0.39 is 0 Å². The molecule has 2 rings (SSSR count). The van der Waals surface area contributed by atoms with Crippen LogP contribution in [0.2, 0.25) is 0 Å². The second-order valence-electron chi connectivity index (χ2n) is 5.01. The summed E-state index contributed by atoms with van der Waals surface area (Å²) in [6.07, 6.45) is 0.921. The predicted molar refractivity (Wildman–Crippen MR) is 64.4 cm³/mol. The highest BCUT2D eigenvalue weighted by atomic mass is 19.1. The second kappa shape index (κ2) is 4.45. The van der Waals surface area contributed by atoms with Gasteiger partial charge in [-0.25, -0.2) is 4.39 Å². The lowest BCUT2D eigenvalue weighted by molar-refractivity contribution is 0.0909. The first kappa shape index (κ1) is 12.0. The van der Waals surface area contributed by atoms with Crippen molar-refractivity contribution in [2.75, 3.05) is 20.1 Å². The molecule has 1 aliphatic heterocycles. The summed E-state index contributed by atoms with van der Waals surface area (Å²) in [6, 6.07) is 5.77. The van der Waals surface area contributed by atoms with E-state index in [2.05, 4.69) is 10.2 Å². The first-order valence-electron chi connectivity index (χ1n) is 5.75. The number of nitrogens with one attached hydrogen (secondary N) is 1. The summed E-state index contributed by atoms with van der Waals surface area (Å²) in [7, 11) is 2.03. The first-order chi connectivity index (χ1) is 7.98. The fourth-order valence-electron chi connectivity index (χ4n) is 2.27. The molecule has 17 heavy (non-hydrogen) atoms. The highest BCUT2D eigenvalue weighted by molar-refractivity contribution is 5.94. The van der Waals surface area contributed by atoms with E-state index >= 15 is 0 Å². The van der Waals surface area contributed by atoms with Gasteiger partial charge in [-0.3, -0.25) is 4.79 Å². The van der Waals surface area contributed by atoms with E-state index in [1.807, 2.05) is 14.0 Å². The van der Waals surface area contributed by atoms with E-state index in [0.717, 1.165) is 19.5 Å². The van der Waals surface area contributed by atoms with Crippen LogP contribution in [0.15, 0.2) is 24.3 Å². The molecule has 3 nitrogen and oxygen atoms in total. The van der Waals surface area contributed by atoms with Gasteiger partial charge < -0.3 is 10.2 Å². The molecule has 1 heterocycles. The van der Waals surface area contributed by atoms with Crippen molar-refractivity contribution in [1.82, 2.24) is 10.2 Å². The molecule has 0 aliphatic carbocycles. The fraction of sp³-hybridized carbons (Fsp3) is 0.462. The average molecular weight is 236 g/mol. The van der Waals surface area contributed by atoms with Gasteiger partial charge in [0, 0.05) is 18.7 Å². The number of halogens is 1. The first-order valence-corrected chi connectivity index (χ1v) is 5.75. The van der Waals surface area contributed by atoms with E-state index in [-0.39, 0.29) is 17.3 Å². The molecule has 1 aromatic rings. The minimum absolute atomic E-state index is 0.206. The van der Waals surface area contributed by atoms with Crippen LogP contribution in [0.3, 0.4) is 0 Å². The molecule has 0 aromatic heterocycles. The smallest absolute Gasteiger partial charge is 0.251 e. The third-order valence-electron chi connectivity index (χ3n) is 3.17. The number of amides is 1. The molecular weight excluding hydrogens is 219 g/mol. The van der Waals surface area contributed by atoms with Gasteiger partial charge in [0.15, 0.2) is 0 Å². The summed E-state index contributed by atoms with van der Waals surface area (Å²) in [4.78, 5) is 14.1. The number of nitrogens with zero attached hydrogens (tertiary/aromatic N) is 1. The van der Waals surface area contributed by atoms with Crippen LogP contribution in [0.25, 0.3) is 0 Å². The van der Waals surface area contributed by atoms with Crippen LogP contribution in [0, 0.1) is 5.82 Å². The van der Waals surface area contributed by atoms with Gasteiger partial charge in [-0.15, -0.1) is 0 Å². The lowest BCUT2D eigenvalue weighted by Gasteiger charge is -2.25. The summed E-state index contributed by atoms with van der Waals surface area (Å²) in [5.74, 6) is -0.589. The van der Waals surface area contributed by atoms with E-state index in [1.54, 1.807) is 12.1 Å². The largest absolute Gasteiger partial charge is 0.346 e. The van der Waals surface area contributed by atoms with E-state index in [9.17, 15) is 9.18 Å². The van der Waals surface area contributed by atoms with Crippen molar-refractivity contribution in [3.05, 3.63) is 35.6 Å². The van der Waals surface area contributed by atoms with Crippen LogP contribution in [-0.4, -0.2) is 36.5 Å². The monoisotopic (exact) mass is 236 g/mol. The van der Waals surface area contributed by atoms with Crippen molar-refractivity contribution in [2.45, 2.75) is 18.9 Å². The van der Waals surface area contributed by atoms with Crippen LogP contribution in [0.4, 0.5) is 4.39 Å². The zero-order valence-corrected chi connectivity index (χ0v) is 10.2. The molecule has 1 aromatic carbocycles. The van der Waals surface area contributed by atoms with Gasteiger partial charge in [0.25, 0.3) is 5.91 Å². The van der Waals surface area contributed by atoms with Crippen molar-refractivity contribution in [2.24, 2.45) is 0 Å². The van der Waals surface area contributed by atoms with E-state index in [1.165, 1.54) is 12.1 Å². The number of hydrogen-bond donors (Lipinski definition) is 1. The summed E-state index contributed by atoms with van der Waals surface area (Å²) in [5.41, 5.74) is 0.166. The quantitative estimate of drug-likeness (QED) is 0.846. The molecule has 1 aliphatic rings. The van der Waals surface area contributed by atoms with Crippen LogP contribution >= 0.6 is 0 Å². The Labute approximate surface area is 101 Å². The number of carbonyl (C=O) groups excluding carboxylic acids is 1. The summed E-state index contributed by atoms with van der Waals surface area (Å²) in [5, 5.41) is 2.98. The van der Waals surface area contributed by atoms with Gasteiger partial charge in [0.2, 0.25) is 0 Å². The van der Waals surface area contributed by atoms with Crippen molar-refractivity contribution in [3.8, 4) is 0 Å². The topological polar surface area (TPSA) is 32.3 Å². The van der Waals surface area contributed by atoms with Gasteiger partial charge in [0.1, 0.15) is 5.82 Å². The molecule has 1 amide bonds. The van der Waals surface area contributed by atoms with Crippen molar-refractivity contribution < 1.29 is 9.18 Å². The van der Waals surface area contributed by atoms with Crippen molar-refractivity contribution in [1.29, 1.82) is 0 Å². The van der Waals surface area contributed by atoms with E-state index in [0.29, 0.717) is 5.56 Å². The van der Waals surface area contributed by atoms with Gasteiger partial charge >= 0.3 is 0 Å². The minimum Gasteiger partial charge on any atom is -0.346 e.